The molecule has 3 heterocycles. The zero-order valence-electron chi connectivity index (χ0n) is 14.7. The van der Waals surface area contributed by atoms with Gasteiger partial charge in [0.05, 0.1) is 18.2 Å². The van der Waals surface area contributed by atoms with Crippen molar-refractivity contribution < 1.29 is 4.79 Å². The second-order valence-corrected chi connectivity index (χ2v) is 7.07. The van der Waals surface area contributed by atoms with E-state index in [2.05, 4.69) is 16.9 Å². The van der Waals surface area contributed by atoms with E-state index in [1.165, 1.54) is 6.42 Å². The van der Waals surface area contributed by atoms with Crippen molar-refractivity contribution in [3.8, 4) is 0 Å². The van der Waals surface area contributed by atoms with Crippen LogP contribution in [0.15, 0.2) is 36.5 Å². The van der Waals surface area contributed by atoms with E-state index in [9.17, 15) is 4.79 Å². The summed E-state index contributed by atoms with van der Waals surface area (Å²) in [6.45, 7) is 2.49. The summed E-state index contributed by atoms with van der Waals surface area (Å²) in [7, 11) is 2.14. The molecular weight excluding hydrogens is 312 g/mol. The molecule has 1 atom stereocenters. The normalized spacial score (nSPS) is 20.5. The van der Waals surface area contributed by atoms with Crippen molar-refractivity contribution in [3.05, 3.63) is 59.2 Å². The first-order valence-electron chi connectivity index (χ1n) is 9.07. The summed E-state index contributed by atoms with van der Waals surface area (Å²) in [5.41, 5.74) is 3.28. The van der Waals surface area contributed by atoms with Crippen LogP contribution in [-0.4, -0.2) is 45.8 Å². The molecule has 2 aliphatic heterocycles. The SMILES string of the molecule is CN1CCCC1c1ncc2c(n1)CCN(C(=O)Cc1ccccc1)C2. The van der Waals surface area contributed by atoms with Crippen LogP contribution >= 0.6 is 0 Å². The lowest BCUT2D eigenvalue weighted by Gasteiger charge is -2.29. The predicted octanol–water partition coefficient (Wildman–Crippen LogP) is 2.37. The van der Waals surface area contributed by atoms with E-state index in [4.69, 9.17) is 4.98 Å². The molecule has 0 spiro atoms. The fourth-order valence-corrected chi connectivity index (χ4v) is 3.82. The number of carbonyl (C=O) groups is 1. The molecule has 2 aliphatic rings. The molecule has 130 valence electrons. The van der Waals surface area contributed by atoms with Crippen molar-refractivity contribution in [2.75, 3.05) is 20.1 Å². The number of hydrogen-bond acceptors (Lipinski definition) is 4. The predicted molar refractivity (Wildman–Crippen MR) is 95.9 cm³/mol. The van der Waals surface area contributed by atoms with Crippen LogP contribution in [0.5, 0.6) is 0 Å². The maximum atomic E-state index is 12.6. The Morgan fingerprint density at radius 1 is 1.24 bits per heavy atom. The summed E-state index contributed by atoms with van der Waals surface area (Å²) < 4.78 is 0. The minimum atomic E-state index is 0.177. The number of nitrogens with zero attached hydrogens (tertiary/aromatic N) is 4. The van der Waals surface area contributed by atoms with Crippen molar-refractivity contribution in [2.45, 2.75) is 38.3 Å². The van der Waals surface area contributed by atoms with Gasteiger partial charge in [-0.2, -0.15) is 0 Å². The number of rotatable bonds is 3. The van der Waals surface area contributed by atoms with Gasteiger partial charge in [-0.3, -0.25) is 9.69 Å². The number of aromatic nitrogens is 2. The molecule has 0 N–H and O–H groups in total. The third-order valence-electron chi connectivity index (χ3n) is 5.32. The van der Waals surface area contributed by atoms with Crippen LogP contribution in [0.4, 0.5) is 0 Å². The number of hydrogen-bond donors (Lipinski definition) is 0. The van der Waals surface area contributed by atoms with Gasteiger partial charge in [-0.15, -0.1) is 0 Å². The molecule has 0 saturated carbocycles. The van der Waals surface area contributed by atoms with Crippen LogP contribution in [0.25, 0.3) is 0 Å². The van der Waals surface area contributed by atoms with Crippen LogP contribution in [0, 0.1) is 0 Å². The second-order valence-electron chi connectivity index (χ2n) is 7.07. The van der Waals surface area contributed by atoms with Crippen LogP contribution in [-0.2, 0) is 24.2 Å². The van der Waals surface area contributed by atoms with Crippen molar-refractivity contribution in [1.29, 1.82) is 0 Å². The molecule has 1 unspecified atom stereocenters. The highest BCUT2D eigenvalue weighted by Crippen LogP contribution is 2.29. The first kappa shape index (κ1) is 16.2. The lowest BCUT2D eigenvalue weighted by atomic mass is 10.0. The molecule has 25 heavy (non-hydrogen) atoms. The molecular formula is C20H24N4O. The monoisotopic (exact) mass is 336 g/mol. The summed E-state index contributed by atoms with van der Waals surface area (Å²) >= 11 is 0. The van der Waals surface area contributed by atoms with E-state index in [1.54, 1.807) is 0 Å². The standard InChI is InChI=1S/C20H24N4O/c1-23-10-5-8-18(23)20-21-13-16-14-24(11-9-17(16)22-20)19(25)12-15-6-3-2-4-7-15/h2-4,6-7,13,18H,5,8-12,14H2,1H3. The minimum absolute atomic E-state index is 0.177. The maximum Gasteiger partial charge on any atom is 0.227 e. The number of likely N-dealkylation sites (tertiary alicyclic amines) is 1. The highest BCUT2D eigenvalue weighted by Gasteiger charge is 2.27. The zero-order valence-corrected chi connectivity index (χ0v) is 14.7. The number of fused-ring (bicyclic) bond motifs is 1. The van der Waals surface area contributed by atoms with Gasteiger partial charge in [-0.25, -0.2) is 9.97 Å². The fraction of sp³-hybridized carbons (Fsp3) is 0.450. The average Bonchev–Trinajstić information content (AvgIpc) is 3.07. The summed E-state index contributed by atoms with van der Waals surface area (Å²) in [5.74, 6) is 1.12. The molecule has 0 aliphatic carbocycles. The number of amides is 1. The summed E-state index contributed by atoms with van der Waals surface area (Å²) in [4.78, 5) is 26.3. The van der Waals surface area contributed by atoms with Gasteiger partial charge in [0.1, 0.15) is 5.82 Å². The molecule has 1 aromatic carbocycles. The largest absolute Gasteiger partial charge is 0.338 e. The lowest BCUT2D eigenvalue weighted by molar-refractivity contribution is -0.131. The Kier molecular flexibility index (Phi) is 4.49. The van der Waals surface area contributed by atoms with Gasteiger partial charge in [-0.1, -0.05) is 30.3 Å². The van der Waals surface area contributed by atoms with Crippen molar-refractivity contribution in [1.82, 2.24) is 19.8 Å². The van der Waals surface area contributed by atoms with Gasteiger partial charge in [0.25, 0.3) is 0 Å². The molecule has 1 saturated heterocycles. The Labute approximate surface area is 148 Å². The third-order valence-corrected chi connectivity index (χ3v) is 5.32. The smallest absolute Gasteiger partial charge is 0.227 e. The van der Waals surface area contributed by atoms with Gasteiger partial charge in [0.2, 0.25) is 5.91 Å². The van der Waals surface area contributed by atoms with E-state index in [0.29, 0.717) is 19.0 Å². The average molecular weight is 336 g/mol. The van der Waals surface area contributed by atoms with Gasteiger partial charge in [0, 0.05) is 31.3 Å². The molecule has 1 aromatic heterocycles. The van der Waals surface area contributed by atoms with Crippen molar-refractivity contribution in [2.24, 2.45) is 0 Å². The molecule has 1 amide bonds. The second kappa shape index (κ2) is 6.92. The molecule has 5 heteroatoms. The Hall–Kier alpha value is -2.27. The molecule has 0 radical (unpaired) electrons. The number of benzene rings is 1. The summed E-state index contributed by atoms with van der Waals surface area (Å²) in [5, 5.41) is 0. The van der Waals surface area contributed by atoms with Crippen LogP contribution in [0.2, 0.25) is 0 Å². The van der Waals surface area contributed by atoms with Crippen LogP contribution < -0.4 is 0 Å². The van der Waals surface area contributed by atoms with E-state index in [0.717, 1.165) is 48.6 Å². The molecule has 0 bridgehead atoms. The first-order valence-corrected chi connectivity index (χ1v) is 9.07. The highest BCUT2D eigenvalue weighted by molar-refractivity contribution is 5.79. The fourth-order valence-electron chi connectivity index (χ4n) is 3.82. The van der Waals surface area contributed by atoms with E-state index in [1.807, 2.05) is 41.4 Å². The Bertz CT molecular complexity index is 762. The maximum absolute atomic E-state index is 12.6. The lowest BCUT2D eigenvalue weighted by Crippen LogP contribution is -2.37. The molecule has 1 fully saturated rings. The van der Waals surface area contributed by atoms with E-state index in [-0.39, 0.29) is 5.91 Å². The van der Waals surface area contributed by atoms with E-state index < -0.39 is 0 Å². The summed E-state index contributed by atoms with van der Waals surface area (Å²) in [6.07, 6.45) is 5.57. The highest BCUT2D eigenvalue weighted by atomic mass is 16.2. The van der Waals surface area contributed by atoms with Gasteiger partial charge < -0.3 is 4.90 Å². The van der Waals surface area contributed by atoms with Crippen LogP contribution in [0.1, 0.15) is 41.5 Å². The molecule has 5 nitrogen and oxygen atoms in total. The van der Waals surface area contributed by atoms with Gasteiger partial charge in [0.15, 0.2) is 0 Å². The first-order chi connectivity index (χ1) is 12.2. The molecule has 4 rings (SSSR count). The topological polar surface area (TPSA) is 49.3 Å². The van der Waals surface area contributed by atoms with Crippen molar-refractivity contribution in [3.63, 3.8) is 0 Å². The quantitative estimate of drug-likeness (QED) is 0.863. The Balaban J connectivity index is 1.45. The van der Waals surface area contributed by atoms with E-state index >= 15 is 0 Å². The Morgan fingerprint density at radius 3 is 2.84 bits per heavy atom. The van der Waals surface area contributed by atoms with Crippen LogP contribution in [0.3, 0.4) is 0 Å². The summed E-state index contributed by atoms with van der Waals surface area (Å²) in [6, 6.07) is 10.3. The third kappa shape index (κ3) is 3.42. The molecule has 2 aromatic rings. The number of carbonyl (C=O) groups excluding carboxylic acids is 1. The zero-order chi connectivity index (χ0) is 17.2. The Morgan fingerprint density at radius 2 is 2.08 bits per heavy atom. The van der Waals surface area contributed by atoms with Crippen molar-refractivity contribution >= 4 is 5.91 Å². The van der Waals surface area contributed by atoms with Gasteiger partial charge >= 0.3 is 0 Å². The van der Waals surface area contributed by atoms with Gasteiger partial charge in [-0.05, 0) is 32.0 Å². The minimum Gasteiger partial charge on any atom is -0.338 e.